The third-order valence-electron chi connectivity index (χ3n) is 8.53. The number of hydrogen-bond acceptors (Lipinski definition) is 5. The van der Waals surface area contributed by atoms with Crippen molar-refractivity contribution in [1.82, 2.24) is 15.0 Å². The van der Waals surface area contributed by atoms with Gasteiger partial charge in [-0.25, -0.2) is 19.3 Å². The summed E-state index contributed by atoms with van der Waals surface area (Å²) < 4.78 is 20.4. The number of rotatable bonds is 3. The third kappa shape index (κ3) is 3.61. The molecule has 7 aromatic rings. The largest absolute Gasteiger partial charge is 0.457 e. The SMILES string of the molecule is Fc1ccc(-c2nc3ncccc3nc2-c2ccc(C34c5ccccc5Oc5cccc(c53)Sc3ccccc34)cc2)cc1. The molecule has 0 bridgehead atoms. The minimum absolute atomic E-state index is 0.298. The van der Waals surface area contributed by atoms with Crippen LogP contribution in [0.2, 0.25) is 0 Å². The van der Waals surface area contributed by atoms with E-state index in [1.54, 1.807) is 30.1 Å². The second-order valence-corrected chi connectivity index (χ2v) is 12.0. The lowest BCUT2D eigenvalue weighted by atomic mass is 9.63. The van der Waals surface area contributed by atoms with Gasteiger partial charge in [0.25, 0.3) is 0 Å². The van der Waals surface area contributed by atoms with Crippen molar-refractivity contribution < 1.29 is 9.13 Å². The number of ether oxygens (including phenoxy) is 1. The number of nitrogens with zero attached hydrogens (tertiary/aromatic N) is 3. The van der Waals surface area contributed by atoms with Gasteiger partial charge < -0.3 is 4.74 Å². The Bertz CT molecular complexity index is 2180. The monoisotopic (exact) mass is 587 g/mol. The summed E-state index contributed by atoms with van der Waals surface area (Å²) in [5.41, 5.74) is 8.39. The van der Waals surface area contributed by atoms with Crippen LogP contribution in [-0.4, -0.2) is 15.0 Å². The number of hydrogen-bond donors (Lipinski definition) is 0. The molecule has 0 amide bonds. The van der Waals surface area contributed by atoms with Crippen LogP contribution in [0, 0.1) is 5.82 Å². The van der Waals surface area contributed by atoms with Gasteiger partial charge in [0, 0.05) is 38.2 Å². The Labute approximate surface area is 257 Å². The lowest BCUT2D eigenvalue weighted by Gasteiger charge is -2.45. The standard InChI is InChI=1S/C38H22FN3OS/c39-26-20-16-24(17-21-26)36-35(41-29-9-6-22-40-37(29)42-36)23-14-18-25(19-15-23)38-27-7-1-3-10-30(27)43-31-11-5-13-33(34(31)38)44-32-12-4-2-8-28(32)38/h1-22H. The summed E-state index contributed by atoms with van der Waals surface area (Å²) in [4.78, 5) is 16.7. The molecule has 0 N–H and O–H groups in total. The van der Waals surface area contributed by atoms with Crippen LogP contribution in [0.1, 0.15) is 22.3 Å². The van der Waals surface area contributed by atoms with Crippen LogP contribution in [0.25, 0.3) is 33.7 Å². The average molecular weight is 588 g/mol. The Kier molecular flexibility index (Phi) is 5.49. The molecular formula is C38H22FN3OS. The highest BCUT2D eigenvalue weighted by Crippen LogP contribution is 2.62. The number of aromatic nitrogens is 3. The van der Waals surface area contributed by atoms with Crippen molar-refractivity contribution in [2.24, 2.45) is 0 Å². The lowest BCUT2D eigenvalue weighted by molar-refractivity contribution is 0.428. The summed E-state index contributed by atoms with van der Waals surface area (Å²) in [5, 5.41) is 0. The van der Waals surface area contributed by atoms with Crippen molar-refractivity contribution in [2.45, 2.75) is 15.2 Å². The van der Waals surface area contributed by atoms with Gasteiger partial charge in [-0.2, -0.15) is 0 Å². The van der Waals surface area contributed by atoms with Gasteiger partial charge in [-0.05, 0) is 71.8 Å². The number of fused-ring (bicyclic) bond motifs is 5. The van der Waals surface area contributed by atoms with Crippen LogP contribution in [0.5, 0.6) is 11.5 Å². The molecule has 4 heterocycles. The fourth-order valence-electron chi connectivity index (χ4n) is 6.67. The topological polar surface area (TPSA) is 47.9 Å². The van der Waals surface area contributed by atoms with E-state index in [1.165, 1.54) is 33.1 Å². The molecule has 1 atom stereocenters. The molecule has 2 aromatic heterocycles. The third-order valence-corrected chi connectivity index (χ3v) is 9.67. The van der Waals surface area contributed by atoms with Crippen molar-refractivity contribution in [3.8, 4) is 34.0 Å². The van der Waals surface area contributed by atoms with Crippen molar-refractivity contribution in [3.05, 3.63) is 162 Å². The van der Waals surface area contributed by atoms with E-state index in [-0.39, 0.29) is 5.82 Å². The molecule has 2 aliphatic heterocycles. The first-order valence-electron chi connectivity index (χ1n) is 14.4. The molecule has 0 radical (unpaired) electrons. The molecule has 0 spiro atoms. The summed E-state index contributed by atoms with van der Waals surface area (Å²) in [5.74, 6) is 1.43. The van der Waals surface area contributed by atoms with Crippen LogP contribution < -0.4 is 4.74 Å². The van der Waals surface area contributed by atoms with E-state index in [9.17, 15) is 4.39 Å². The van der Waals surface area contributed by atoms with Gasteiger partial charge in [-0.3, -0.25) is 0 Å². The van der Waals surface area contributed by atoms with Gasteiger partial charge in [0.2, 0.25) is 0 Å². The molecule has 0 fully saturated rings. The van der Waals surface area contributed by atoms with Crippen LogP contribution in [0.15, 0.2) is 143 Å². The number of pyridine rings is 1. The van der Waals surface area contributed by atoms with E-state index in [2.05, 4.69) is 89.9 Å². The van der Waals surface area contributed by atoms with E-state index in [1.807, 2.05) is 18.2 Å². The predicted molar refractivity (Wildman–Crippen MR) is 171 cm³/mol. The zero-order valence-electron chi connectivity index (χ0n) is 23.2. The molecule has 0 saturated heterocycles. The van der Waals surface area contributed by atoms with Gasteiger partial charge in [-0.1, -0.05) is 78.5 Å². The van der Waals surface area contributed by atoms with Crippen LogP contribution >= 0.6 is 11.8 Å². The molecule has 4 nitrogen and oxygen atoms in total. The fourth-order valence-corrected chi connectivity index (χ4v) is 7.89. The summed E-state index contributed by atoms with van der Waals surface area (Å²) >= 11 is 1.79. The van der Waals surface area contributed by atoms with Crippen molar-refractivity contribution in [1.29, 1.82) is 0 Å². The Morgan fingerprint density at radius 2 is 1.27 bits per heavy atom. The highest BCUT2D eigenvalue weighted by atomic mass is 32.2. The normalized spacial score (nSPS) is 16.0. The van der Waals surface area contributed by atoms with Gasteiger partial charge >= 0.3 is 0 Å². The highest BCUT2D eigenvalue weighted by molar-refractivity contribution is 7.99. The maximum atomic E-state index is 13.9. The molecule has 0 saturated carbocycles. The van der Waals surface area contributed by atoms with Gasteiger partial charge in [0.1, 0.15) is 22.8 Å². The van der Waals surface area contributed by atoms with Crippen LogP contribution in [0.3, 0.4) is 0 Å². The van der Waals surface area contributed by atoms with Crippen LogP contribution in [0.4, 0.5) is 4.39 Å². The number of para-hydroxylation sites is 1. The molecule has 0 aliphatic carbocycles. The summed E-state index contributed by atoms with van der Waals surface area (Å²) in [6.07, 6.45) is 1.71. The van der Waals surface area contributed by atoms with Crippen LogP contribution in [-0.2, 0) is 5.41 Å². The van der Waals surface area contributed by atoms with E-state index >= 15 is 0 Å². The second-order valence-electron chi connectivity index (χ2n) is 10.9. The molecule has 9 rings (SSSR count). The zero-order chi connectivity index (χ0) is 29.3. The highest BCUT2D eigenvalue weighted by Gasteiger charge is 2.50. The molecular weight excluding hydrogens is 566 g/mol. The van der Waals surface area contributed by atoms with Gasteiger partial charge in [0.15, 0.2) is 5.65 Å². The van der Waals surface area contributed by atoms with Gasteiger partial charge in [-0.15, -0.1) is 0 Å². The lowest BCUT2D eigenvalue weighted by Crippen LogP contribution is -2.36. The maximum absolute atomic E-state index is 13.9. The number of halogens is 1. The zero-order valence-corrected chi connectivity index (χ0v) is 24.1. The average Bonchev–Trinajstić information content (AvgIpc) is 3.08. The summed E-state index contributed by atoms with van der Waals surface area (Å²) in [6, 6.07) is 42.1. The Morgan fingerprint density at radius 3 is 2.11 bits per heavy atom. The Balaban J connectivity index is 1.29. The van der Waals surface area contributed by atoms with E-state index < -0.39 is 5.41 Å². The van der Waals surface area contributed by atoms with E-state index in [0.717, 1.165) is 33.8 Å². The smallest absolute Gasteiger partial charge is 0.178 e. The molecule has 208 valence electrons. The van der Waals surface area contributed by atoms with E-state index in [0.29, 0.717) is 22.6 Å². The molecule has 1 unspecified atom stereocenters. The molecule has 5 aromatic carbocycles. The van der Waals surface area contributed by atoms with E-state index in [4.69, 9.17) is 14.7 Å². The first-order chi connectivity index (χ1) is 21.7. The molecule has 44 heavy (non-hydrogen) atoms. The fraction of sp³-hybridized carbons (Fsp3) is 0.0263. The first kappa shape index (κ1) is 25.2. The van der Waals surface area contributed by atoms with Crippen molar-refractivity contribution in [2.75, 3.05) is 0 Å². The Morgan fingerprint density at radius 1 is 0.591 bits per heavy atom. The Hall–Kier alpha value is -5.33. The van der Waals surface area contributed by atoms with Crippen molar-refractivity contribution in [3.63, 3.8) is 0 Å². The summed E-state index contributed by atoms with van der Waals surface area (Å²) in [7, 11) is 0. The van der Waals surface area contributed by atoms with Gasteiger partial charge in [0.05, 0.1) is 16.8 Å². The minimum atomic E-state index is -0.570. The molecule has 6 heteroatoms. The second kappa shape index (κ2) is 9.59. The van der Waals surface area contributed by atoms with Crippen molar-refractivity contribution >= 4 is 22.9 Å². The predicted octanol–water partition coefficient (Wildman–Crippen LogP) is 9.45. The maximum Gasteiger partial charge on any atom is 0.178 e. The quantitative estimate of drug-likeness (QED) is 0.206. The molecule has 2 aliphatic rings. The number of benzene rings is 5. The first-order valence-corrected chi connectivity index (χ1v) is 15.2. The minimum Gasteiger partial charge on any atom is -0.457 e. The summed E-state index contributed by atoms with van der Waals surface area (Å²) in [6.45, 7) is 0.